The lowest BCUT2D eigenvalue weighted by atomic mass is 9.96. The molecule has 0 saturated carbocycles. The molecular weight excluding hydrogens is 489 g/mol. The standard InChI is InChI=1S/C31H28FN3O2.C2H6/c32-28-18-22(26-10-4-5-11-27(26)30(33)36)12-13-25(28)20-35-16-6-9-23-17-24(14-15-29(23)35)31(37)34-19-21-7-2-1-3-8-21;1-2/h1-5,7-8,10-15,17-18H,6,9,16,19-20H2,(H2,33,36)(H,34,37);1-2H3. The average molecular weight is 524 g/mol. The number of hydrogen-bond donors (Lipinski definition) is 2. The Morgan fingerprint density at radius 3 is 2.41 bits per heavy atom. The first-order valence-electron chi connectivity index (χ1n) is 13.4. The van der Waals surface area contributed by atoms with Crippen LogP contribution < -0.4 is 16.0 Å². The molecule has 0 radical (unpaired) electrons. The molecule has 6 heteroatoms. The molecule has 4 aromatic carbocycles. The van der Waals surface area contributed by atoms with Gasteiger partial charge in [-0.2, -0.15) is 0 Å². The first-order valence-corrected chi connectivity index (χ1v) is 13.4. The highest BCUT2D eigenvalue weighted by Gasteiger charge is 2.20. The quantitative estimate of drug-likeness (QED) is 0.290. The van der Waals surface area contributed by atoms with Crippen LogP contribution in [-0.2, 0) is 19.5 Å². The van der Waals surface area contributed by atoms with Crippen molar-refractivity contribution in [2.75, 3.05) is 11.4 Å². The zero-order chi connectivity index (χ0) is 27.8. The molecule has 1 aliphatic rings. The first kappa shape index (κ1) is 27.6. The molecule has 5 nitrogen and oxygen atoms in total. The highest BCUT2D eigenvalue weighted by Crippen LogP contribution is 2.31. The molecule has 0 bridgehead atoms. The monoisotopic (exact) mass is 523 g/mol. The Hall–Kier alpha value is -4.45. The van der Waals surface area contributed by atoms with Crippen molar-refractivity contribution in [2.24, 2.45) is 5.73 Å². The van der Waals surface area contributed by atoms with Crippen LogP contribution in [0.25, 0.3) is 11.1 Å². The van der Waals surface area contributed by atoms with Crippen LogP contribution in [0.5, 0.6) is 0 Å². The maximum Gasteiger partial charge on any atom is 0.251 e. The largest absolute Gasteiger partial charge is 0.367 e. The molecule has 200 valence electrons. The Kier molecular flexibility index (Phi) is 9.10. The van der Waals surface area contributed by atoms with E-state index in [4.69, 9.17) is 5.73 Å². The van der Waals surface area contributed by atoms with Crippen molar-refractivity contribution in [3.8, 4) is 11.1 Å². The first-order chi connectivity index (χ1) is 19.0. The number of halogens is 1. The predicted octanol–water partition coefficient (Wildman–Crippen LogP) is 6.50. The lowest BCUT2D eigenvalue weighted by Crippen LogP contribution is -2.30. The molecule has 0 spiro atoms. The Morgan fingerprint density at radius 1 is 0.923 bits per heavy atom. The minimum absolute atomic E-state index is 0.110. The van der Waals surface area contributed by atoms with E-state index in [1.54, 1.807) is 30.3 Å². The normalized spacial score (nSPS) is 12.1. The number of fused-ring (bicyclic) bond motifs is 1. The van der Waals surface area contributed by atoms with Gasteiger partial charge >= 0.3 is 0 Å². The van der Waals surface area contributed by atoms with Gasteiger partial charge in [-0.25, -0.2) is 4.39 Å². The highest BCUT2D eigenvalue weighted by atomic mass is 19.1. The summed E-state index contributed by atoms with van der Waals surface area (Å²) in [7, 11) is 0. The van der Waals surface area contributed by atoms with Crippen LogP contribution in [0.15, 0.2) is 91.0 Å². The summed E-state index contributed by atoms with van der Waals surface area (Å²) in [6, 6.07) is 27.5. The van der Waals surface area contributed by atoms with Crippen molar-refractivity contribution in [3.05, 3.63) is 125 Å². The van der Waals surface area contributed by atoms with E-state index in [2.05, 4.69) is 10.2 Å². The Bertz CT molecular complexity index is 1450. The van der Waals surface area contributed by atoms with E-state index in [0.29, 0.717) is 40.9 Å². The second-order valence-electron chi connectivity index (χ2n) is 9.25. The van der Waals surface area contributed by atoms with Crippen molar-refractivity contribution in [2.45, 2.75) is 39.8 Å². The number of nitrogens with one attached hydrogen (secondary N) is 1. The molecule has 1 heterocycles. The van der Waals surface area contributed by atoms with E-state index >= 15 is 4.39 Å². The molecule has 0 aromatic heterocycles. The van der Waals surface area contributed by atoms with Crippen LogP contribution in [0, 0.1) is 5.82 Å². The summed E-state index contributed by atoms with van der Waals surface area (Å²) in [5, 5.41) is 2.98. The molecular formula is C33H34FN3O2. The molecule has 0 atom stereocenters. The van der Waals surface area contributed by atoms with Gasteiger partial charge in [-0.15, -0.1) is 0 Å². The lowest BCUT2D eigenvalue weighted by molar-refractivity contribution is 0.0949. The molecule has 0 fully saturated rings. The topological polar surface area (TPSA) is 75.4 Å². The second kappa shape index (κ2) is 12.9. The van der Waals surface area contributed by atoms with Crippen LogP contribution in [0.3, 0.4) is 0 Å². The third-order valence-corrected chi connectivity index (χ3v) is 6.77. The molecule has 0 unspecified atom stereocenters. The van der Waals surface area contributed by atoms with Gasteiger partial charge in [0.2, 0.25) is 5.91 Å². The van der Waals surface area contributed by atoms with Gasteiger partial charge in [0.25, 0.3) is 5.91 Å². The molecule has 4 aromatic rings. The van der Waals surface area contributed by atoms with E-state index in [0.717, 1.165) is 36.2 Å². The minimum Gasteiger partial charge on any atom is -0.367 e. The maximum absolute atomic E-state index is 15.2. The zero-order valence-corrected chi connectivity index (χ0v) is 22.4. The van der Waals surface area contributed by atoms with Crippen molar-refractivity contribution in [1.82, 2.24) is 5.32 Å². The third-order valence-electron chi connectivity index (χ3n) is 6.77. The van der Waals surface area contributed by atoms with Crippen LogP contribution in [-0.4, -0.2) is 18.4 Å². The lowest BCUT2D eigenvalue weighted by Gasteiger charge is -2.32. The van der Waals surface area contributed by atoms with Gasteiger partial charge in [0.1, 0.15) is 5.82 Å². The SMILES string of the molecule is CC.NC(=O)c1ccccc1-c1ccc(CN2CCCc3cc(C(=O)NCc4ccccc4)ccc32)c(F)c1. The van der Waals surface area contributed by atoms with Crippen LogP contribution >= 0.6 is 0 Å². The molecule has 5 rings (SSSR count). The highest BCUT2D eigenvalue weighted by molar-refractivity contribution is 5.99. The smallest absolute Gasteiger partial charge is 0.251 e. The van der Waals surface area contributed by atoms with Crippen molar-refractivity contribution < 1.29 is 14.0 Å². The van der Waals surface area contributed by atoms with E-state index < -0.39 is 5.91 Å². The van der Waals surface area contributed by atoms with Crippen LogP contribution in [0.4, 0.5) is 10.1 Å². The summed E-state index contributed by atoms with van der Waals surface area (Å²) >= 11 is 0. The summed E-state index contributed by atoms with van der Waals surface area (Å²) in [6.45, 7) is 5.69. The molecule has 0 aliphatic carbocycles. The van der Waals surface area contributed by atoms with Crippen molar-refractivity contribution in [1.29, 1.82) is 0 Å². The van der Waals surface area contributed by atoms with Crippen LogP contribution in [0.2, 0.25) is 0 Å². The number of carbonyl (C=O) groups is 2. The van der Waals surface area contributed by atoms with Crippen molar-refractivity contribution in [3.63, 3.8) is 0 Å². The van der Waals surface area contributed by atoms with Gasteiger partial charge in [-0.3, -0.25) is 9.59 Å². The van der Waals surface area contributed by atoms with Gasteiger partial charge in [0.15, 0.2) is 0 Å². The van der Waals surface area contributed by atoms with Gasteiger partial charge in [-0.1, -0.05) is 74.5 Å². The summed E-state index contributed by atoms with van der Waals surface area (Å²) in [4.78, 5) is 26.7. The zero-order valence-electron chi connectivity index (χ0n) is 22.4. The molecule has 39 heavy (non-hydrogen) atoms. The number of amides is 2. The number of nitrogens with zero attached hydrogens (tertiary/aromatic N) is 1. The predicted molar refractivity (Wildman–Crippen MR) is 155 cm³/mol. The maximum atomic E-state index is 15.2. The number of rotatable bonds is 7. The average Bonchev–Trinajstić information content (AvgIpc) is 2.98. The minimum atomic E-state index is -0.543. The molecule has 2 amide bonds. The summed E-state index contributed by atoms with van der Waals surface area (Å²) < 4.78 is 15.2. The number of aryl methyl sites for hydroxylation is 1. The fourth-order valence-electron chi connectivity index (χ4n) is 4.86. The Labute approximate surface area is 229 Å². The van der Waals surface area contributed by atoms with E-state index in [-0.39, 0.29) is 11.7 Å². The van der Waals surface area contributed by atoms with E-state index in [1.165, 1.54) is 6.07 Å². The van der Waals surface area contributed by atoms with Gasteiger partial charge in [0, 0.05) is 42.0 Å². The fraction of sp³-hybridized carbons (Fsp3) is 0.212. The van der Waals surface area contributed by atoms with E-state index in [9.17, 15) is 9.59 Å². The van der Waals surface area contributed by atoms with Gasteiger partial charge in [-0.05, 0) is 65.4 Å². The summed E-state index contributed by atoms with van der Waals surface area (Å²) in [5.74, 6) is -0.986. The Balaban J connectivity index is 0.00000172. The van der Waals surface area contributed by atoms with E-state index in [1.807, 2.05) is 68.4 Å². The summed E-state index contributed by atoms with van der Waals surface area (Å²) in [6.07, 6.45) is 1.80. The molecule has 1 aliphatic heterocycles. The summed E-state index contributed by atoms with van der Waals surface area (Å²) in [5.41, 5.74) is 11.4. The van der Waals surface area contributed by atoms with Gasteiger partial charge in [0.05, 0.1) is 0 Å². The number of primary amides is 1. The number of benzene rings is 4. The number of anilines is 1. The fourth-order valence-corrected chi connectivity index (χ4v) is 4.86. The van der Waals surface area contributed by atoms with Gasteiger partial charge < -0.3 is 16.0 Å². The number of nitrogens with two attached hydrogens (primary N) is 1. The van der Waals surface area contributed by atoms with Crippen molar-refractivity contribution >= 4 is 17.5 Å². The molecule has 3 N–H and O–H groups in total. The second-order valence-corrected chi connectivity index (χ2v) is 9.25. The third kappa shape index (κ3) is 6.52. The number of hydrogen-bond acceptors (Lipinski definition) is 3. The molecule has 0 saturated heterocycles. The number of carbonyl (C=O) groups excluding carboxylic acids is 2. The van der Waals surface area contributed by atoms with Crippen LogP contribution in [0.1, 0.15) is 57.7 Å². The Morgan fingerprint density at radius 2 is 1.67 bits per heavy atom.